The largest absolute Gasteiger partial charge is 0.465 e. The Morgan fingerprint density at radius 1 is 1.17 bits per heavy atom. The first kappa shape index (κ1) is 18.2. The Morgan fingerprint density at radius 3 is 2.29 bits per heavy atom. The number of carbonyl (C=O) groups excluding carboxylic acids is 2. The second-order valence-corrected chi connectivity index (χ2v) is 7.48. The predicted octanol–water partition coefficient (Wildman–Crippen LogP) is 4.75. The number of carbonyl (C=O) groups is 2. The molecular formula is C19H23NO3S. The third kappa shape index (κ3) is 3.85. The number of aryl methyl sites for hydroxylation is 1. The number of hydrogen-bond donors (Lipinski definition) is 1. The summed E-state index contributed by atoms with van der Waals surface area (Å²) in [5, 5.41) is 5.26. The molecule has 0 bridgehead atoms. The Hall–Kier alpha value is -2.14. The van der Waals surface area contributed by atoms with Gasteiger partial charge in [-0.25, -0.2) is 4.79 Å². The normalized spacial score (nSPS) is 11.2. The van der Waals surface area contributed by atoms with Gasteiger partial charge in [0, 0.05) is 16.4 Å². The summed E-state index contributed by atoms with van der Waals surface area (Å²) in [5.41, 5.74) is 2.80. The van der Waals surface area contributed by atoms with Crippen molar-refractivity contribution in [3.8, 4) is 11.1 Å². The molecule has 2 rings (SSSR count). The molecule has 2 aromatic rings. The first-order chi connectivity index (χ1) is 11.3. The van der Waals surface area contributed by atoms with Crippen LogP contribution >= 0.6 is 11.3 Å². The number of rotatable bonds is 4. The number of ether oxygens (including phenoxy) is 1. The molecule has 1 amide bonds. The number of anilines is 1. The summed E-state index contributed by atoms with van der Waals surface area (Å²) in [6, 6.07) is 8.06. The van der Waals surface area contributed by atoms with Crippen LogP contribution in [0.3, 0.4) is 0 Å². The van der Waals surface area contributed by atoms with Crippen molar-refractivity contribution in [2.45, 2.75) is 34.1 Å². The molecule has 1 heterocycles. The van der Waals surface area contributed by atoms with Gasteiger partial charge >= 0.3 is 5.97 Å². The highest BCUT2D eigenvalue weighted by Crippen LogP contribution is 2.37. The molecule has 1 N–H and O–H groups in total. The summed E-state index contributed by atoms with van der Waals surface area (Å²) in [6.07, 6.45) is 0.959. The van der Waals surface area contributed by atoms with Gasteiger partial charge in [0.05, 0.1) is 7.11 Å². The zero-order valence-electron chi connectivity index (χ0n) is 14.7. The number of hydrogen-bond acceptors (Lipinski definition) is 4. The van der Waals surface area contributed by atoms with Gasteiger partial charge in [0.1, 0.15) is 10.6 Å². The molecule has 0 unspecified atom stereocenters. The van der Waals surface area contributed by atoms with Crippen LogP contribution in [0, 0.1) is 5.41 Å². The van der Waals surface area contributed by atoms with Crippen LogP contribution in [0.15, 0.2) is 29.6 Å². The highest BCUT2D eigenvalue weighted by Gasteiger charge is 2.26. The molecule has 1 aromatic heterocycles. The van der Waals surface area contributed by atoms with Crippen LogP contribution in [0.25, 0.3) is 11.1 Å². The van der Waals surface area contributed by atoms with Gasteiger partial charge in [-0.1, -0.05) is 52.0 Å². The quantitative estimate of drug-likeness (QED) is 0.814. The third-order valence-corrected chi connectivity index (χ3v) is 4.66. The lowest BCUT2D eigenvalue weighted by molar-refractivity contribution is -0.123. The van der Waals surface area contributed by atoms with Crippen LogP contribution in [0.5, 0.6) is 0 Å². The van der Waals surface area contributed by atoms with Crippen molar-refractivity contribution in [3.05, 3.63) is 40.8 Å². The monoisotopic (exact) mass is 345 g/mol. The highest BCUT2D eigenvalue weighted by atomic mass is 32.1. The molecular weight excluding hydrogens is 322 g/mol. The molecule has 24 heavy (non-hydrogen) atoms. The fourth-order valence-electron chi connectivity index (χ4n) is 2.18. The second kappa shape index (κ2) is 7.18. The predicted molar refractivity (Wildman–Crippen MR) is 98.6 cm³/mol. The zero-order chi connectivity index (χ0) is 17.9. The standard InChI is InChI=1S/C19H23NO3S/c1-6-12-7-9-13(10-8-12)14-11-24-16(15(14)17(21)23-5)20-18(22)19(2,3)4/h7-11H,6H2,1-5H3,(H,20,22). The summed E-state index contributed by atoms with van der Waals surface area (Å²) in [6.45, 7) is 7.59. The van der Waals surface area contributed by atoms with Crippen molar-refractivity contribution in [2.24, 2.45) is 5.41 Å². The Labute approximate surface area is 146 Å². The van der Waals surface area contributed by atoms with Crippen LogP contribution in [-0.4, -0.2) is 19.0 Å². The molecule has 0 spiro atoms. The minimum atomic E-state index is -0.541. The van der Waals surface area contributed by atoms with E-state index in [0.717, 1.165) is 17.5 Å². The van der Waals surface area contributed by atoms with Gasteiger partial charge in [-0.3, -0.25) is 4.79 Å². The minimum Gasteiger partial charge on any atom is -0.465 e. The fraction of sp³-hybridized carbons (Fsp3) is 0.368. The lowest BCUT2D eigenvalue weighted by Crippen LogP contribution is -2.28. The molecule has 0 fully saturated rings. The summed E-state index contributed by atoms with van der Waals surface area (Å²) in [7, 11) is 1.35. The van der Waals surface area contributed by atoms with Gasteiger partial charge in [-0.2, -0.15) is 0 Å². The van der Waals surface area contributed by atoms with Crippen molar-refractivity contribution in [2.75, 3.05) is 12.4 Å². The van der Waals surface area contributed by atoms with Crippen LogP contribution < -0.4 is 5.32 Å². The maximum Gasteiger partial charge on any atom is 0.341 e. The lowest BCUT2D eigenvalue weighted by atomic mass is 9.95. The molecule has 0 aliphatic rings. The van der Waals surface area contributed by atoms with Crippen molar-refractivity contribution in [1.29, 1.82) is 0 Å². The van der Waals surface area contributed by atoms with Gasteiger partial charge in [0.2, 0.25) is 5.91 Å². The Kier molecular flexibility index (Phi) is 5.44. The number of thiophene rings is 1. The molecule has 4 nitrogen and oxygen atoms in total. The van der Waals surface area contributed by atoms with Crippen LogP contribution in [0.4, 0.5) is 5.00 Å². The van der Waals surface area contributed by atoms with E-state index in [0.29, 0.717) is 10.6 Å². The summed E-state index contributed by atoms with van der Waals surface area (Å²) in [4.78, 5) is 24.5. The Bertz CT molecular complexity index is 739. The van der Waals surface area contributed by atoms with Crippen LogP contribution in [0.2, 0.25) is 0 Å². The molecule has 0 aliphatic carbocycles. The number of methoxy groups -OCH3 is 1. The summed E-state index contributed by atoms with van der Waals surface area (Å²) >= 11 is 1.34. The van der Waals surface area contributed by atoms with E-state index in [9.17, 15) is 9.59 Å². The second-order valence-electron chi connectivity index (χ2n) is 6.60. The maximum atomic E-state index is 12.3. The van der Waals surface area contributed by atoms with Crippen molar-refractivity contribution >= 4 is 28.2 Å². The smallest absolute Gasteiger partial charge is 0.341 e. The van der Waals surface area contributed by atoms with E-state index < -0.39 is 11.4 Å². The van der Waals surface area contributed by atoms with E-state index in [2.05, 4.69) is 12.2 Å². The van der Waals surface area contributed by atoms with E-state index in [4.69, 9.17) is 4.74 Å². The van der Waals surface area contributed by atoms with E-state index in [1.807, 2.05) is 50.4 Å². The van der Waals surface area contributed by atoms with E-state index in [1.165, 1.54) is 24.0 Å². The molecule has 0 radical (unpaired) electrons. The van der Waals surface area contributed by atoms with Crippen LogP contribution in [-0.2, 0) is 16.0 Å². The van der Waals surface area contributed by atoms with Gasteiger partial charge in [-0.05, 0) is 17.5 Å². The third-order valence-electron chi connectivity index (χ3n) is 3.76. The first-order valence-electron chi connectivity index (χ1n) is 7.88. The molecule has 0 aliphatic heterocycles. The molecule has 1 aromatic carbocycles. The molecule has 0 atom stereocenters. The SMILES string of the molecule is CCc1ccc(-c2csc(NC(=O)C(C)(C)C)c2C(=O)OC)cc1. The van der Waals surface area contributed by atoms with Gasteiger partial charge in [0.15, 0.2) is 0 Å². The molecule has 0 saturated heterocycles. The maximum absolute atomic E-state index is 12.3. The highest BCUT2D eigenvalue weighted by molar-refractivity contribution is 7.15. The van der Waals surface area contributed by atoms with Gasteiger partial charge in [0.25, 0.3) is 0 Å². The average molecular weight is 345 g/mol. The van der Waals surface area contributed by atoms with E-state index in [-0.39, 0.29) is 5.91 Å². The number of amides is 1. The Morgan fingerprint density at radius 2 is 1.79 bits per heavy atom. The number of esters is 1. The molecule has 5 heteroatoms. The zero-order valence-corrected chi connectivity index (χ0v) is 15.5. The van der Waals surface area contributed by atoms with E-state index in [1.54, 1.807) is 0 Å². The topological polar surface area (TPSA) is 55.4 Å². The lowest BCUT2D eigenvalue weighted by Gasteiger charge is -2.17. The molecule has 0 saturated carbocycles. The van der Waals surface area contributed by atoms with Gasteiger partial charge in [-0.15, -0.1) is 11.3 Å². The minimum absolute atomic E-state index is 0.137. The summed E-state index contributed by atoms with van der Waals surface area (Å²) in [5.74, 6) is -0.586. The van der Waals surface area contributed by atoms with Crippen molar-refractivity contribution in [3.63, 3.8) is 0 Å². The van der Waals surface area contributed by atoms with Crippen molar-refractivity contribution < 1.29 is 14.3 Å². The number of benzene rings is 1. The number of nitrogens with one attached hydrogen (secondary N) is 1. The van der Waals surface area contributed by atoms with Gasteiger partial charge < -0.3 is 10.1 Å². The van der Waals surface area contributed by atoms with Crippen LogP contribution in [0.1, 0.15) is 43.6 Å². The molecule has 128 valence electrons. The fourth-order valence-corrected chi connectivity index (χ4v) is 3.13. The summed E-state index contributed by atoms with van der Waals surface area (Å²) < 4.78 is 4.93. The van der Waals surface area contributed by atoms with E-state index >= 15 is 0 Å². The van der Waals surface area contributed by atoms with Crippen molar-refractivity contribution in [1.82, 2.24) is 0 Å². The first-order valence-corrected chi connectivity index (χ1v) is 8.76. The Balaban J connectivity index is 2.45. The average Bonchev–Trinajstić information content (AvgIpc) is 2.97.